The van der Waals surface area contributed by atoms with Crippen molar-refractivity contribution in [2.75, 3.05) is 0 Å². The molecule has 7 heteroatoms. The van der Waals surface area contributed by atoms with E-state index in [1.807, 2.05) is 12.1 Å². The minimum absolute atomic E-state index is 0.288. The molecule has 0 aliphatic heterocycles. The van der Waals surface area contributed by atoms with Crippen molar-refractivity contribution in [1.29, 1.82) is 0 Å². The number of aryl methyl sites for hydroxylation is 1. The predicted octanol–water partition coefficient (Wildman–Crippen LogP) is 1.79. The Morgan fingerprint density at radius 3 is 2.87 bits per heavy atom. The van der Waals surface area contributed by atoms with E-state index < -0.39 is 0 Å². The lowest BCUT2D eigenvalue weighted by Crippen LogP contribution is -2.22. The Bertz CT molecular complexity index is 869. The first kappa shape index (κ1) is 14.7. The Balaban J connectivity index is 1.67. The van der Waals surface area contributed by atoms with Crippen LogP contribution in [0.3, 0.4) is 0 Å². The second kappa shape index (κ2) is 6.27. The smallest absolute Gasteiger partial charge is 0.271 e. The van der Waals surface area contributed by atoms with Gasteiger partial charge in [0.1, 0.15) is 0 Å². The van der Waals surface area contributed by atoms with Gasteiger partial charge in [0.25, 0.3) is 5.91 Å². The Morgan fingerprint density at radius 2 is 2.13 bits per heavy atom. The van der Waals surface area contributed by atoms with E-state index in [-0.39, 0.29) is 5.91 Å². The van der Waals surface area contributed by atoms with Crippen LogP contribution in [0.2, 0.25) is 0 Å². The Hall–Kier alpha value is -3.22. The summed E-state index contributed by atoms with van der Waals surface area (Å²) in [6.45, 7) is 2.05. The highest BCUT2D eigenvalue weighted by atomic mass is 16.8. The topological polar surface area (TPSA) is 94.4 Å². The molecule has 7 nitrogen and oxygen atoms in total. The van der Waals surface area contributed by atoms with Crippen molar-refractivity contribution in [3.8, 4) is 0 Å². The number of nitrogens with one attached hydrogen (secondary N) is 1. The van der Waals surface area contributed by atoms with Crippen LogP contribution >= 0.6 is 0 Å². The molecule has 0 spiro atoms. The summed E-state index contributed by atoms with van der Waals surface area (Å²) in [6, 6.07) is 12.2. The summed E-state index contributed by atoms with van der Waals surface area (Å²) in [5.41, 5.74) is 5.61. The summed E-state index contributed by atoms with van der Waals surface area (Å²) >= 11 is 0. The molecule has 0 radical (unpaired) electrons. The summed E-state index contributed by atoms with van der Waals surface area (Å²) in [6.07, 6.45) is 2.40. The molecule has 23 heavy (non-hydrogen) atoms. The molecule has 0 fully saturated rings. The third-order valence-corrected chi connectivity index (χ3v) is 3.41. The molecule has 1 heterocycles. The van der Waals surface area contributed by atoms with E-state index in [0.29, 0.717) is 27.1 Å². The van der Waals surface area contributed by atoms with Crippen LogP contribution in [0.1, 0.15) is 28.4 Å². The second-order valence-corrected chi connectivity index (χ2v) is 4.93. The maximum atomic E-state index is 12.0. The molecule has 0 atom stereocenters. The van der Waals surface area contributed by atoms with Crippen molar-refractivity contribution in [2.24, 2.45) is 5.10 Å². The number of hydrogen-bond acceptors (Lipinski definition) is 5. The van der Waals surface area contributed by atoms with E-state index in [0.717, 1.165) is 6.42 Å². The molecule has 3 rings (SSSR count). The molecule has 3 aromatic rings. The highest BCUT2D eigenvalue weighted by Gasteiger charge is 2.08. The number of amides is 1. The molecule has 116 valence electrons. The van der Waals surface area contributed by atoms with Gasteiger partial charge in [-0.3, -0.25) is 9.42 Å². The number of nitrogens with zero attached hydrogens (tertiary/aromatic N) is 3. The number of aromatic nitrogens is 2. The van der Waals surface area contributed by atoms with Gasteiger partial charge >= 0.3 is 0 Å². The monoisotopic (exact) mass is 310 g/mol. The summed E-state index contributed by atoms with van der Waals surface area (Å²) in [5.74, 6) is -0.288. The number of rotatable bonds is 4. The van der Waals surface area contributed by atoms with Gasteiger partial charge < -0.3 is 5.21 Å². The first-order valence-corrected chi connectivity index (χ1v) is 7.09. The quantitative estimate of drug-likeness (QED) is 0.451. The second-order valence-electron chi connectivity index (χ2n) is 4.93. The van der Waals surface area contributed by atoms with Crippen molar-refractivity contribution in [2.45, 2.75) is 13.3 Å². The van der Waals surface area contributed by atoms with E-state index in [4.69, 9.17) is 0 Å². The van der Waals surface area contributed by atoms with Gasteiger partial charge in [0.05, 0.1) is 6.21 Å². The number of fused-ring (bicyclic) bond motifs is 1. The standard InChI is InChI=1S/C16H14N4O3/c1-2-11-3-6-13(7-4-11)16(21)18-17-10-12-5-8-15-14(9-12)19-23-20(15)22/h3-10H,2H2,1H3,(H,18,21)/b17-10+. The van der Waals surface area contributed by atoms with Gasteiger partial charge in [0.15, 0.2) is 0 Å². The zero-order chi connectivity index (χ0) is 16.2. The van der Waals surface area contributed by atoms with Gasteiger partial charge in [-0.2, -0.15) is 5.10 Å². The van der Waals surface area contributed by atoms with E-state index >= 15 is 0 Å². The maximum Gasteiger partial charge on any atom is 0.271 e. The lowest BCUT2D eigenvalue weighted by Gasteiger charge is -2.01. The zero-order valence-electron chi connectivity index (χ0n) is 12.4. The molecule has 1 N–H and O–H groups in total. The van der Waals surface area contributed by atoms with Crippen LogP contribution in [0.5, 0.6) is 0 Å². The van der Waals surface area contributed by atoms with Crippen LogP contribution in [0.4, 0.5) is 0 Å². The van der Waals surface area contributed by atoms with E-state index in [1.54, 1.807) is 30.3 Å². The van der Waals surface area contributed by atoms with E-state index in [1.165, 1.54) is 11.8 Å². The van der Waals surface area contributed by atoms with Gasteiger partial charge in [-0.1, -0.05) is 19.1 Å². The van der Waals surface area contributed by atoms with E-state index in [2.05, 4.69) is 27.2 Å². The molecule has 0 aliphatic rings. The lowest BCUT2D eigenvalue weighted by molar-refractivity contribution is -0.782. The summed E-state index contributed by atoms with van der Waals surface area (Å²) in [7, 11) is 0. The van der Waals surface area contributed by atoms with Crippen LogP contribution in [0.15, 0.2) is 52.2 Å². The molecule has 1 amide bonds. The van der Waals surface area contributed by atoms with Crippen molar-refractivity contribution < 1.29 is 14.3 Å². The molecule has 0 aliphatic carbocycles. The summed E-state index contributed by atoms with van der Waals surface area (Å²) in [4.78, 5) is 12.3. The minimum atomic E-state index is -0.288. The molecular weight excluding hydrogens is 296 g/mol. The number of carbonyl (C=O) groups is 1. The Labute approximate surface area is 131 Å². The molecule has 0 saturated carbocycles. The van der Waals surface area contributed by atoms with E-state index in [9.17, 15) is 10.0 Å². The van der Waals surface area contributed by atoms with Crippen LogP contribution < -0.4 is 10.3 Å². The van der Waals surface area contributed by atoms with Crippen LogP contribution in [0, 0.1) is 5.21 Å². The molecule has 0 bridgehead atoms. The zero-order valence-corrected chi connectivity index (χ0v) is 12.4. The predicted molar refractivity (Wildman–Crippen MR) is 83.8 cm³/mol. The first-order valence-electron chi connectivity index (χ1n) is 7.09. The van der Waals surface area contributed by atoms with Crippen molar-refractivity contribution in [3.05, 3.63) is 64.4 Å². The van der Waals surface area contributed by atoms with Crippen LogP contribution in [-0.4, -0.2) is 17.3 Å². The fraction of sp³-hybridized carbons (Fsp3) is 0.125. The Morgan fingerprint density at radius 1 is 1.35 bits per heavy atom. The number of hydrazone groups is 1. The lowest BCUT2D eigenvalue weighted by atomic mass is 10.1. The van der Waals surface area contributed by atoms with Crippen LogP contribution in [-0.2, 0) is 6.42 Å². The SMILES string of the molecule is CCc1ccc(C(=O)N/N=C/c2ccc3c(c2)no[n+]3[O-])cc1. The third kappa shape index (κ3) is 3.18. The van der Waals surface area contributed by atoms with Crippen LogP contribution in [0.25, 0.3) is 11.0 Å². The molecule has 1 aromatic heterocycles. The molecule has 0 unspecified atom stereocenters. The summed E-state index contributed by atoms with van der Waals surface area (Å²) in [5, 5.41) is 18.7. The van der Waals surface area contributed by atoms with Crippen molar-refractivity contribution >= 4 is 23.2 Å². The molecular formula is C16H14N4O3. The van der Waals surface area contributed by atoms with Gasteiger partial charge in [0, 0.05) is 16.8 Å². The molecule has 2 aromatic carbocycles. The highest BCUT2D eigenvalue weighted by Crippen LogP contribution is 2.09. The van der Waals surface area contributed by atoms with Gasteiger partial charge in [-0.25, -0.2) is 5.43 Å². The third-order valence-electron chi connectivity index (χ3n) is 3.41. The minimum Gasteiger partial charge on any atom is -0.359 e. The highest BCUT2D eigenvalue weighted by molar-refractivity contribution is 5.95. The average molecular weight is 310 g/mol. The van der Waals surface area contributed by atoms with Gasteiger partial charge in [0.2, 0.25) is 11.0 Å². The number of hydrogen-bond donors (Lipinski definition) is 1. The normalized spacial score (nSPS) is 11.2. The largest absolute Gasteiger partial charge is 0.359 e. The van der Waals surface area contributed by atoms with Crippen molar-refractivity contribution in [1.82, 2.24) is 10.6 Å². The van der Waals surface area contributed by atoms with Gasteiger partial charge in [-0.15, -0.1) is 0 Å². The summed E-state index contributed by atoms with van der Waals surface area (Å²) < 4.78 is 4.49. The first-order chi connectivity index (χ1) is 11.2. The maximum absolute atomic E-state index is 12.0. The van der Waals surface area contributed by atoms with Crippen molar-refractivity contribution in [3.63, 3.8) is 0 Å². The molecule has 0 saturated heterocycles. The average Bonchev–Trinajstić information content (AvgIpc) is 2.95. The Kier molecular flexibility index (Phi) is 4.01. The fourth-order valence-electron chi connectivity index (χ4n) is 2.10. The number of benzene rings is 2. The fourth-order valence-corrected chi connectivity index (χ4v) is 2.10. The van der Waals surface area contributed by atoms with Gasteiger partial charge in [-0.05, 0) is 46.7 Å². The number of carbonyl (C=O) groups excluding carboxylic acids is 1.